The Labute approximate surface area is 276 Å². The van der Waals surface area contributed by atoms with Gasteiger partial charge >= 0.3 is 23.9 Å². The summed E-state index contributed by atoms with van der Waals surface area (Å²) in [4.78, 5) is 54.1. The molecule has 1 N–H and O–H groups in total. The maximum absolute atomic E-state index is 13.9. The Morgan fingerprint density at radius 3 is 2.00 bits per heavy atom. The number of ether oxygens (including phenoxy) is 4. The van der Waals surface area contributed by atoms with Crippen LogP contribution >= 0.6 is 0 Å². The third-order valence-electron chi connectivity index (χ3n) is 10.9. The molecule has 3 fully saturated rings. The molecule has 2 bridgehead atoms. The number of aliphatic carboxylic acids is 1. The summed E-state index contributed by atoms with van der Waals surface area (Å²) in [5.41, 5.74) is -5.92. The smallest absolute Gasteiger partial charge is 0.312 e. The van der Waals surface area contributed by atoms with Crippen molar-refractivity contribution in [1.29, 1.82) is 0 Å². The van der Waals surface area contributed by atoms with E-state index in [-0.39, 0.29) is 44.5 Å². The third kappa shape index (κ3) is 8.73. The molecule has 0 aliphatic heterocycles. The monoisotopic (exact) mass is 648 g/mol. The quantitative estimate of drug-likeness (QED) is 0.0757. The fourth-order valence-electron chi connectivity index (χ4n) is 8.91. The summed E-state index contributed by atoms with van der Waals surface area (Å²) in [6, 6.07) is 0. The average molecular weight is 649 g/mol. The van der Waals surface area contributed by atoms with Gasteiger partial charge < -0.3 is 24.1 Å². The third-order valence-corrected chi connectivity index (χ3v) is 10.9. The molecule has 8 atom stereocenters. The maximum Gasteiger partial charge on any atom is 0.312 e. The van der Waals surface area contributed by atoms with Gasteiger partial charge in [0.2, 0.25) is 0 Å². The highest BCUT2D eigenvalue weighted by Gasteiger charge is 2.57. The van der Waals surface area contributed by atoms with Crippen LogP contribution in [-0.4, -0.2) is 60.5 Å². The van der Waals surface area contributed by atoms with E-state index in [0.717, 1.165) is 18.8 Å². The highest BCUT2D eigenvalue weighted by Crippen LogP contribution is 2.60. The van der Waals surface area contributed by atoms with Crippen molar-refractivity contribution in [3.05, 3.63) is 12.7 Å². The minimum Gasteiger partial charge on any atom is -0.481 e. The van der Waals surface area contributed by atoms with Gasteiger partial charge in [-0.25, -0.2) is 0 Å². The van der Waals surface area contributed by atoms with Gasteiger partial charge in [-0.2, -0.15) is 0 Å². The molecule has 3 aliphatic carbocycles. The average Bonchev–Trinajstić information content (AvgIpc) is 3.65. The second-order valence-electron chi connectivity index (χ2n) is 16.9. The number of hydrogen-bond donors (Lipinski definition) is 1. The van der Waals surface area contributed by atoms with E-state index >= 15 is 0 Å². The van der Waals surface area contributed by atoms with Crippen LogP contribution in [0.15, 0.2) is 12.7 Å². The summed E-state index contributed by atoms with van der Waals surface area (Å²) < 4.78 is 23.0. The summed E-state index contributed by atoms with van der Waals surface area (Å²) in [6.07, 6.45) is 7.37. The lowest BCUT2D eigenvalue weighted by atomic mass is 9.61. The van der Waals surface area contributed by atoms with Crippen LogP contribution in [0.1, 0.15) is 120 Å². The van der Waals surface area contributed by atoms with Crippen molar-refractivity contribution in [3.8, 4) is 0 Å². The van der Waals surface area contributed by atoms with E-state index in [9.17, 15) is 24.3 Å². The van der Waals surface area contributed by atoms with Crippen LogP contribution in [0.3, 0.4) is 0 Å². The van der Waals surface area contributed by atoms with Crippen molar-refractivity contribution < 1.29 is 43.2 Å². The van der Waals surface area contributed by atoms with Crippen LogP contribution in [0, 0.1) is 45.3 Å². The Morgan fingerprint density at radius 2 is 1.41 bits per heavy atom. The number of carbonyl (C=O) groups excluding carboxylic acids is 3. The van der Waals surface area contributed by atoms with Crippen LogP contribution in [-0.2, 0) is 38.1 Å². The molecule has 3 rings (SSSR count). The highest BCUT2D eigenvalue weighted by atomic mass is 16.6. The second kappa shape index (κ2) is 14.4. The van der Waals surface area contributed by atoms with Gasteiger partial charge in [-0.15, -0.1) is 6.58 Å². The Bertz CT molecular complexity index is 1140. The number of carboxylic acids is 1. The molecule has 0 aromatic heterocycles. The first-order valence-corrected chi connectivity index (χ1v) is 17.2. The van der Waals surface area contributed by atoms with Crippen molar-refractivity contribution in [2.24, 2.45) is 45.3 Å². The van der Waals surface area contributed by atoms with Gasteiger partial charge in [0.25, 0.3) is 0 Å². The molecule has 46 heavy (non-hydrogen) atoms. The van der Waals surface area contributed by atoms with Crippen LogP contribution in [0.2, 0.25) is 0 Å². The van der Waals surface area contributed by atoms with E-state index in [2.05, 4.69) is 6.58 Å². The summed E-state index contributed by atoms with van der Waals surface area (Å²) in [5.74, 6) is -0.197. The summed E-state index contributed by atoms with van der Waals surface area (Å²) in [7, 11) is 0. The van der Waals surface area contributed by atoms with Crippen molar-refractivity contribution >= 4 is 23.9 Å². The molecule has 0 saturated heterocycles. The largest absolute Gasteiger partial charge is 0.481 e. The Balaban J connectivity index is 1.85. The molecule has 262 valence electrons. The number of esters is 3. The second-order valence-corrected chi connectivity index (χ2v) is 16.9. The first kappa shape index (κ1) is 38.0. The van der Waals surface area contributed by atoms with Gasteiger partial charge in [-0.3, -0.25) is 19.2 Å². The number of rotatable bonds is 17. The molecule has 8 unspecified atom stereocenters. The van der Waals surface area contributed by atoms with Gasteiger partial charge in [0, 0.05) is 0 Å². The molecule has 0 amide bonds. The molecule has 0 radical (unpaired) electrons. The molecule has 3 aliphatic rings. The molecule has 0 spiro atoms. The van der Waals surface area contributed by atoms with Gasteiger partial charge in [0.1, 0.15) is 18.3 Å². The minimum atomic E-state index is -1.53. The predicted octanol–water partition coefficient (Wildman–Crippen LogP) is 7.15. The predicted molar refractivity (Wildman–Crippen MR) is 175 cm³/mol. The summed E-state index contributed by atoms with van der Waals surface area (Å²) in [5, 5.41) is 10.6. The van der Waals surface area contributed by atoms with E-state index in [1.807, 2.05) is 6.92 Å². The van der Waals surface area contributed by atoms with Gasteiger partial charge in [0.15, 0.2) is 0 Å². The van der Waals surface area contributed by atoms with Gasteiger partial charge in [-0.05, 0) is 130 Å². The van der Waals surface area contributed by atoms with Gasteiger partial charge in [-0.1, -0.05) is 19.4 Å². The van der Waals surface area contributed by atoms with E-state index in [1.165, 1.54) is 19.3 Å². The van der Waals surface area contributed by atoms with Crippen LogP contribution in [0.25, 0.3) is 0 Å². The lowest BCUT2D eigenvalue weighted by Gasteiger charge is -2.42. The van der Waals surface area contributed by atoms with E-state index in [4.69, 9.17) is 18.9 Å². The molecular formula is C37H60O9. The zero-order valence-electron chi connectivity index (χ0n) is 29.9. The Morgan fingerprint density at radius 1 is 0.783 bits per heavy atom. The molecule has 0 aromatic carbocycles. The van der Waals surface area contributed by atoms with Crippen LogP contribution in [0.5, 0.6) is 0 Å². The molecule has 9 heteroatoms. The lowest BCUT2D eigenvalue weighted by Crippen LogP contribution is -2.47. The molecule has 0 aromatic rings. The van der Waals surface area contributed by atoms with Crippen LogP contribution < -0.4 is 0 Å². The van der Waals surface area contributed by atoms with E-state index in [0.29, 0.717) is 30.8 Å². The fraction of sp³-hybridized carbons (Fsp3) is 0.838. The zero-order valence-corrected chi connectivity index (χ0v) is 29.9. The number of fused-ring (bicyclic) bond motifs is 5. The Hall–Kier alpha value is -2.42. The minimum absolute atomic E-state index is 0.0101. The molecular weight excluding hydrogens is 588 g/mol. The summed E-state index contributed by atoms with van der Waals surface area (Å²) in [6.45, 7) is 19.6. The number of hydrogen-bond acceptors (Lipinski definition) is 8. The fourth-order valence-corrected chi connectivity index (χ4v) is 8.91. The van der Waals surface area contributed by atoms with Gasteiger partial charge in [0.05, 0.1) is 34.9 Å². The van der Waals surface area contributed by atoms with Crippen molar-refractivity contribution in [3.63, 3.8) is 0 Å². The van der Waals surface area contributed by atoms with Crippen molar-refractivity contribution in [1.82, 2.24) is 0 Å². The van der Waals surface area contributed by atoms with Crippen molar-refractivity contribution in [2.45, 2.75) is 132 Å². The highest BCUT2D eigenvalue weighted by molar-refractivity contribution is 5.83. The topological polar surface area (TPSA) is 125 Å². The van der Waals surface area contributed by atoms with Crippen molar-refractivity contribution in [2.75, 3.05) is 19.8 Å². The number of carboxylic acid groups (broad SMARTS) is 1. The Kier molecular flexibility index (Phi) is 11.9. The maximum atomic E-state index is 13.9. The summed E-state index contributed by atoms with van der Waals surface area (Å²) >= 11 is 0. The zero-order chi connectivity index (χ0) is 34.7. The normalized spacial score (nSPS) is 27.9. The first-order valence-electron chi connectivity index (χ1n) is 17.2. The first-order chi connectivity index (χ1) is 21.2. The molecule has 3 saturated carbocycles. The standard InChI is InChI=1S/C37H60O9/c1-11-16-43-17-18-44-31(41)37(10,23-36(9,29(38)39)22-35(8,12-2)32(42)46-33(3,4)5)21-34(6,7)30(40)45-28-20-24-19-27(28)26-15-13-14-25(24)26/h11,24-28H,1,12-23H2,2-10H3,(H,38,39). The lowest BCUT2D eigenvalue weighted by molar-refractivity contribution is -0.175. The van der Waals surface area contributed by atoms with E-state index < -0.39 is 45.2 Å². The van der Waals surface area contributed by atoms with Crippen LogP contribution in [0.4, 0.5) is 0 Å². The number of carbonyl (C=O) groups is 4. The molecule has 0 heterocycles. The molecule has 9 nitrogen and oxygen atoms in total. The van der Waals surface area contributed by atoms with E-state index in [1.54, 1.807) is 61.5 Å². The SMILES string of the molecule is C=CCOCCOC(=O)C(C)(CC(C)(C)C(=O)OC1CC2CC1C1CCCC21)CC(C)(CC(C)(CC)C(=O)OC(C)(C)C)C(=O)O.